The van der Waals surface area contributed by atoms with E-state index in [1.807, 2.05) is 18.2 Å². The molecular formula is C26H32Cl2N4O4. The van der Waals surface area contributed by atoms with Gasteiger partial charge in [-0.2, -0.15) is 0 Å². The van der Waals surface area contributed by atoms with Gasteiger partial charge in [-0.3, -0.25) is 4.79 Å². The van der Waals surface area contributed by atoms with Crippen molar-refractivity contribution in [2.75, 3.05) is 19.6 Å². The molecule has 1 aliphatic heterocycles. The molecule has 8 nitrogen and oxygen atoms in total. The summed E-state index contributed by atoms with van der Waals surface area (Å²) < 4.78 is 0. The summed E-state index contributed by atoms with van der Waals surface area (Å²) in [6.45, 7) is 2.99. The van der Waals surface area contributed by atoms with E-state index in [4.69, 9.17) is 28.0 Å². The number of hydrogen-bond acceptors (Lipinski definition) is 5. The molecule has 36 heavy (non-hydrogen) atoms. The van der Waals surface area contributed by atoms with Gasteiger partial charge in [0.2, 0.25) is 5.91 Å². The van der Waals surface area contributed by atoms with E-state index in [0.29, 0.717) is 27.9 Å². The summed E-state index contributed by atoms with van der Waals surface area (Å²) in [6, 6.07) is 13.2. The number of oxime groups is 1. The summed E-state index contributed by atoms with van der Waals surface area (Å²) in [5.41, 5.74) is 2.07. The molecule has 3 amide bonds. The number of nitrogens with zero attached hydrogens (tertiary/aromatic N) is 2. The molecule has 0 bridgehead atoms. The zero-order valence-corrected chi connectivity index (χ0v) is 21.8. The molecule has 0 saturated carbocycles. The van der Waals surface area contributed by atoms with Crippen LogP contribution < -0.4 is 10.6 Å². The number of halogens is 2. The number of aliphatic hydroxyl groups excluding tert-OH is 1. The molecule has 1 aliphatic rings. The van der Waals surface area contributed by atoms with Crippen molar-refractivity contribution in [2.24, 2.45) is 5.16 Å². The molecule has 3 rings (SSSR count). The van der Waals surface area contributed by atoms with Crippen molar-refractivity contribution in [1.82, 2.24) is 15.5 Å². The third kappa shape index (κ3) is 8.11. The Labute approximate surface area is 221 Å². The molecule has 1 saturated heterocycles. The molecule has 2 atom stereocenters. The van der Waals surface area contributed by atoms with Gasteiger partial charge in [0, 0.05) is 19.5 Å². The van der Waals surface area contributed by atoms with Crippen LogP contribution in [0.3, 0.4) is 0 Å². The summed E-state index contributed by atoms with van der Waals surface area (Å²) in [5.74, 6) is -0.358. The third-order valence-corrected chi connectivity index (χ3v) is 6.58. The average Bonchev–Trinajstić information content (AvgIpc) is 3.32. The number of aliphatic hydroxyl groups is 1. The molecule has 1 unspecified atom stereocenters. The highest BCUT2D eigenvalue weighted by Crippen LogP contribution is 2.23. The van der Waals surface area contributed by atoms with Gasteiger partial charge in [-0.25, -0.2) is 4.79 Å². The number of likely N-dealkylation sites (tertiary alicyclic amines) is 1. The summed E-state index contributed by atoms with van der Waals surface area (Å²) >= 11 is 12.0. The number of rotatable bonds is 11. The van der Waals surface area contributed by atoms with Crippen LogP contribution in [-0.4, -0.2) is 53.3 Å². The van der Waals surface area contributed by atoms with Gasteiger partial charge < -0.3 is 25.5 Å². The number of unbranched alkanes of at least 4 members (excludes halogenated alkanes) is 2. The lowest BCUT2D eigenvalue weighted by molar-refractivity contribution is -0.125. The van der Waals surface area contributed by atoms with E-state index in [9.17, 15) is 14.7 Å². The molecular weight excluding hydrogens is 503 g/mol. The van der Waals surface area contributed by atoms with Crippen LogP contribution in [0.4, 0.5) is 4.79 Å². The zero-order chi connectivity index (χ0) is 25.9. The average molecular weight is 535 g/mol. The number of amides is 3. The van der Waals surface area contributed by atoms with Crippen molar-refractivity contribution < 1.29 is 19.5 Å². The fraction of sp³-hybridized carbons (Fsp3) is 0.423. The largest absolute Gasteiger partial charge is 0.391 e. The van der Waals surface area contributed by atoms with Crippen LogP contribution in [0.2, 0.25) is 10.0 Å². The minimum absolute atomic E-state index is 0.0333. The van der Waals surface area contributed by atoms with Crippen LogP contribution in [0, 0.1) is 0 Å². The first-order chi connectivity index (χ1) is 17.4. The fourth-order valence-corrected chi connectivity index (χ4v) is 4.15. The predicted molar refractivity (Wildman–Crippen MR) is 141 cm³/mol. The van der Waals surface area contributed by atoms with Crippen LogP contribution in [0.25, 0.3) is 0 Å². The van der Waals surface area contributed by atoms with Crippen molar-refractivity contribution in [1.29, 1.82) is 0 Å². The number of urea groups is 1. The Morgan fingerprint density at radius 1 is 1.14 bits per heavy atom. The lowest BCUT2D eigenvalue weighted by Crippen LogP contribution is -2.50. The van der Waals surface area contributed by atoms with E-state index in [1.165, 1.54) is 4.90 Å². The topological polar surface area (TPSA) is 103 Å². The van der Waals surface area contributed by atoms with Crippen molar-refractivity contribution in [3.63, 3.8) is 0 Å². The van der Waals surface area contributed by atoms with Crippen molar-refractivity contribution in [3.05, 3.63) is 69.7 Å². The molecule has 0 aromatic heterocycles. The minimum atomic E-state index is -0.851. The van der Waals surface area contributed by atoms with Gasteiger partial charge >= 0.3 is 6.03 Å². The second kappa shape index (κ2) is 14.1. The summed E-state index contributed by atoms with van der Waals surface area (Å²) in [7, 11) is 0. The fourth-order valence-electron chi connectivity index (χ4n) is 3.83. The molecule has 1 fully saturated rings. The van der Waals surface area contributed by atoms with Crippen molar-refractivity contribution in [2.45, 2.75) is 51.4 Å². The van der Waals surface area contributed by atoms with Crippen LogP contribution in [-0.2, 0) is 16.2 Å². The minimum Gasteiger partial charge on any atom is -0.391 e. The predicted octanol–water partition coefficient (Wildman–Crippen LogP) is 4.69. The van der Waals surface area contributed by atoms with E-state index in [-0.39, 0.29) is 38.1 Å². The van der Waals surface area contributed by atoms with E-state index in [2.05, 4.69) is 22.7 Å². The van der Waals surface area contributed by atoms with Crippen LogP contribution in [0.1, 0.15) is 49.8 Å². The third-order valence-electron chi connectivity index (χ3n) is 5.84. The SMILES string of the molecule is CCCCCNC(=O)N1CC(=NOCc2ccc(Cl)c(Cl)c2)C[C@H]1C(=O)NCC(O)c1ccccc1. The van der Waals surface area contributed by atoms with E-state index >= 15 is 0 Å². The van der Waals surface area contributed by atoms with Crippen molar-refractivity contribution in [3.8, 4) is 0 Å². The summed E-state index contributed by atoms with van der Waals surface area (Å²) in [6.07, 6.45) is 2.30. The second-order valence-corrected chi connectivity index (χ2v) is 9.45. The van der Waals surface area contributed by atoms with Gasteiger partial charge in [-0.1, -0.05) is 84.5 Å². The lowest BCUT2D eigenvalue weighted by atomic mass is 10.1. The molecule has 2 aromatic carbocycles. The Kier molecular flexibility index (Phi) is 10.8. The maximum atomic E-state index is 13.0. The van der Waals surface area contributed by atoms with Gasteiger partial charge in [0.05, 0.1) is 28.4 Å². The first kappa shape index (κ1) is 27.8. The van der Waals surface area contributed by atoms with Gasteiger partial charge in [0.1, 0.15) is 12.6 Å². The highest BCUT2D eigenvalue weighted by molar-refractivity contribution is 6.42. The number of nitrogens with one attached hydrogen (secondary N) is 2. The smallest absolute Gasteiger partial charge is 0.318 e. The number of carbonyl (C=O) groups excluding carboxylic acids is 2. The Hall–Kier alpha value is -2.81. The maximum Gasteiger partial charge on any atom is 0.318 e. The first-order valence-electron chi connectivity index (χ1n) is 12.1. The Morgan fingerprint density at radius 2 is 1.92 bits per heavy atom. The molecule has 3 N–H and O–H groups in total. The normalized spacial score (nSPS) is 17.2. The van der Waals surface area contributed by atoms with E-state index in [1.54, 1.807) is 30.3 Å². The number of benzene rings is 2. The second-order valence-electron chi connectivity index (χ2n) is 8.64. The molecule has 0 aliphatic carbocycles. The first-order valence-corrected chi connectivity index (χ1v) is 12.8. The Balaban J connectivity index is 1.62. The molecule has 2 aromatic rings. The highest BCUT2D eigenvalue weighted by Gasteiger charge is 2.38. The Bertz CT molecular complexity index is 1050. The quantitative estimate of drug-likeness (QED) is 0.287. The molecule has 10 heteroatoms. The highest BCUT2D eigenvalue weighted by atomic mass is 35.5. The molecule has 0 radical (unpaired) electrons. The lowest BCUT2D eigenvalue weighted by Gasteiger charge is -2.24. The standard InChI is InChI=1S/C26H32Cl2N4O4/c1-2-3-7-12-29-26(35)32-16-20(31-36-17-18-10-11-21(27)22(28)13-18)14-23(32)25(34)30-15-24(33)19-8-5-4-6-9-19/h4-6,8-11,13,23-24,33H,2-3,7,12,14-17H2,1H3,(H,29,35)(H,30,34)/t23-,24?/m0/s1. The van der Waals surface area contributed by atoms with Gasteiger partial charge in [-0.15, -0.1) is 0 Å². The number of carbonyl (C=O) groups is 2. The van der Waals surface area contributed by atoms with Crippen LogP contribution >= 0.6 is 23.2 Å². The zero-order valence-electron chi connectivity index (χ0n) is 20.3. The number of hydrogen-bond donors (Lipinski definition) is 3. The summed E-state index contributed by atoms with van der Waals surface area (Å²) in [4.78, 5) is 32.8. The van der Waals surface area contributed by atoms with Gasteiger partial charge in [0.15, 0.2) is 0 Å². The van der Waals surface area contributed by atoms with Crippen molar-refractivity contribution >= 4 is 40.9 Å². The molecule has 194 valence electrons. The Morgan fingerprint density at radius 3 is 2.64 bits per heavy atom. The summed E-state index contributed by atoms with van der Waals surface area (Å²) in [5, 5.41) is 21.1. The maximum absolute atomic E-state index is 13.0. The monoisotopic (exact) mass is 534 g/mol. The molecule has 0 spiro atoms. The van der Waals surface area contributed by atoms with E-state index < -0.39 is 12.1 Å². The van der Waals surface area contributed by atoms with Gasteiger partial charge in [0.25, 0.3) is 0 Å². The van der Waals surface area contributed by atoms with Crippen LogP contribution in [0.15, 0.2) is 53.7 Å². The van der Waals surface area contributed by atoms with E-state index in [0.717, 1.165) is 24.8 Å². The van der Waals surface area contributed by atoms with Gasteiger partial charge in [-0.05, 0) is 29.7 Å². The molecule has 1 heterocycles. The van der Waals surface area contributed by atoms with Crippen LogP contribution in [0.5, 0.6) is 0 Å².